The summed E-state index contributed by atoms with van der Waals surface area (Å²) in [4.78, 5) is 3.80. The third kappa shape index (κ3) is 3.32. The highest BCUT2D eigenvalue weighted by molar-refractivity contribution is 7.14. The van der Waals surface area contributed by atoms with Crippen molar-refractivity contribution >= 4 is 28.5 Å². The Kier molecular flexibility index (Phi) is 4.31. The van der Waals surface area contributed by atoms with Crippen molar-refractivity contribution in [3.8, 4) is 0 Å². The van der Waals surface area contributed by atoms with Crippen LogP contribution in [0.15, 0.2) is 34.7 Å². The second-order valence-electron chi connectivity index (χ2n) is 4.11. The summed E-state index contributed by atoms with van der Waals surface area (Å²) in [5, 5.41) is 5.40. The van der Waals surface area contributed by atoms with Gasteiger partial charge in [-0.2, -0.15) is 27.1 Å². The molecule has 0 saturated carbocycles. The Morgan fingerprint density at radius 1 is 1.18 bits per heavy atom. The van der Waals surface area contributed by atoms with Crippen molar-refractivity contribution < 1.29 is 22.0 Å². The van der Waals surface area contributed by atoms with E-state index < -0.39 is 17.7 Å². The Morgan fingerprint density at radius 3 is 2.45 bits per heavy atom. The number of thiazole rings is 1. The number of anilines is 2. The van der Waals surface area contributed by atoms with Crippen LogP contribution in [0.5, 0.6) is 0 Å². The number of alkyl halides is 5. The Balaban J connectivity index is 2.25. The van der Waals surface area contributed by atoms with Crippen LogP contribution >= 0.6 is 11.3 Å². The molecule has 1 heterocycles. The Labute approximate surface area is 125 Å². The van der Waals surface area contributed by atoms with Crippen molar-refractivity contribution in [2.24, 2.45) is 5.10 Å². The fraction of sp³-hybridized carbons (Fsp3) is 0.167. The number of hydrogen-bond acceptors (Lipinski definition) is 5. The third-order valence-electron chi connectivity index (χ3n) is 2.54. The number of rotatable bonds is 4. The van der Waals surface area contributed by atoms with Gasteiger partial charge in [0.15, 0.2) is 0 Å². The van der Waals surface area contributed by atoms with Gasteiger partial charge >= 0.3 is 12.1 Å². The molecular weight excluding hydrogens is 327 g/mol. The predicted molar refractivity (Wildman–Crippen MR) is 74.1 cm³/mol. The summed E-state index contributed by atoms with van der Waals surface area (Å²) in [5.74, 6) is -4.73. The quantitative estimate of drug-likeness (QED) is 0.507. The smallest absolute Gasteiger partial charge is 0.383 e. The maximum Gasteiger partial charge on any atom is 0.458 e. The molecular formula is C12H9F5N4S. The van der Waals surface area contributed by atoms with Crippen LogP contribution in [-0.4, -0.2) is 17.4 Å². The number of hydrogen-bond donors (Lipinski definition) is 2. The van der Waals surface area contributed by atoms with Crippen molar-refractivity contribution in [1.29, 1.82) is 0 Å². The highest BCUT2D eigenvalue weighted by Gasteiger charge is 2.59. The molecule has 0 aliphatic heterocycles. The van der Waals surface area contributed by atoms with Gasteiger partial charge < -0.3 is 5.73 Å². The summed E-state index contributed by atoms with van der Waals surface area (Å²) in [5.41, 5.74) is 6.24. The minimum atomic E-state index is -5.69. The first-order valence-electron chi connectivity index (χ1n) is 5.76. The minimum Gasteiger partial charge on any atom is -0.383 e. The first kappa shape index (κ1) is 16.1. The number of benzene rings is 1. The molecule has 0 aliphatic carbocycles. The van der Waals surface area contributed by atoms with Crippen molar-refractivity contribution in [2.45, 2.75) is 12.1 Å². The zero-order valence-electron chi connectivity index (χ0n) is 10.7. The Bertz CT molecular complexity index is 680. The molecule has 0 amide bonds. The number of aromatic nitrogens is 1. The van der Waals surface area contributed by atoms with E-state index in [4.69, 9.17) is 5.73 Å². The van der Waals surface area contributed by atoms with Crippen LogP contribution in [0.2, 0.25) is 0 Å². The molecule has 0 unspecified atom stereocenters. The normalized spacial score (nSPS) is 12.8. The van der Waals surface area contributed by atoms with Crippen molar-refractivity contribution in [2.75, 3.05) is 11.2 Å². The second kappa shape index (κ2) is 5.87. The SMILES string of the molecule is Nc1csc(NN=Cc2ccccc2C(F)(F)C(F)(F)F)n1. The summed E-state index contributed by atoms with van der Waals surface area (Å²) >= 11 is 1.11. The average molecular weight is 336 g/mol. The molecule has 0 spiro atoms. The second-order valence-corrected chi connectivity index (χ2v) is 4.97. The zero-order chi connectivity index (χ0) is 16.4. The lowest BCUT2D eigenvalue weighted by molar-refractivity contribution is -0.289. The summed E-state index contributed by atoms with van der Waals surface area (Å²) in [6.07, 6.45) is -4.82. The van der Waals surface area contributed by atoms with E-state index in [0.717, 1.165) is 29.7 Å². The molecule has 4 nitrogen and oxygen atoms in total. The van der Waals surface area contributed by atoms with Gasteiger partial charge in [0.1, 0.15) is 5.82 Å². The van der Waals surface area contributed by atoms with Crippen LogP contribution in [0.3, 0.4) is 0 Å². The molecule has 0 radical (unpaired) electrons. The van der Waals surface area contributed by atoms with E-state index in [9.17, 15) is 22.0 Å². The van der Waals surface area contributed by atoms with Gasteiger partial charge in [-0.1, -0.05) is 24.3 Å². The van der Waals surface area contributed by atoms with Crippen LogP contribution in [-0.2, 0) is 5.92 Å². The number of halogens is 5. The Morgan fingerprint density at radius 2 is 1.86 bits per heavy atom. The molecule has 2 rings (SSSR count). The van der Waals surface area contributed by atoms with Crippen molar-refractivity contribution in [3.63, 3.8) is 0 Å². The first-order chi connectivity index (χ1) is 10.2. The van der Waals surface area contributed by atoms with Gasteiger partial charge in [0, 0.05) is 16.5 Å². The number of nitrogens with one attached hydrogen (secondary N) is 1. The van der Waals surface area contributed by atoms with Gasteiger partial charge in [0.25, 0.3) is 0 Å². The fourth-order valence-corrected chi connectivity index (χ4v) is 2.09. The molecule has 22 heavy (non-hydrogen) atoms. The maximum atomic E-state index is 13.4. The average Bonchev–Trinajstić information content (AvgIpc) is 2.83. The monoisotopic (exact) mass is 336 g/mol. The van der Waals surface area contributed by atoms with Crippen LogP contribution in [0.25, 0.3) is 0 Å². The van der Waals surface area contributed by atoms with E-state index in [1.54, 1.807) is 0 Å². The fourth-order valence-electron chi connectivity index (χ4n) is 1.54. The van der Waals surface area contributed by atoms with Gasteiger partial charge in [0.2, 0.25) is 5.13 Å². The van der Waals surface area contributed by atoms with Gasteiger partial charge in [-0.05, 0) is 0 Å². The topological polar surface area (TPSA) is 63.3 Å². The van der Waals surface area contributed by atoms with Gasteiger partial charge in [0.05, 0.1) is 6.21 Å². The van der Waals surface area contributed by atoms with Gasteiger partial charge in [-0.15, -0.1) is 11.3 Å². The third-order valence-corrected chi connectivity index (χ3v) is 3.31. The van der Waals surface area contributed by atoms with E-state index in [1.807, 2.05) is 0 Å². The number of hydrazone groups is 1. The molecule has 0 saturated heterocycles. The minimum absolute atomic E-state index is 0.242. The Hall–Kier alpha value is -2.23. The molecule has 10 heteroatoms. The molecule has 118 valence electrons. The van der Waals surface area contributed by atoms with E-state index in [2.05, 4.69) is 15.5 Å². The maximum absolute atomic E-state index is 13.4. The first-order valence-corrected chi connectivity index (χ1v) is 6.64. The van der Waals surface area contributed by atoms with Crippen LogP contribution in [0.1, 0.15) is 11.1 Å². The molecule has 0 fully saturated rings. The molecule has 0 atom stereocenters. The van der Waals surface area contributed by atoms with Crippen molar-refractivity contribution in [3.05, 3.63) is 40.8 Å². The van der Waals surface area contributed by atoms with Crippen molar-refractivity contribution in [1.82, 2.24) is 4.98 Å². The van der Waals surface area contributed by atoms with Gasteiger partial charge in [-0.25, -0.2) is 4.98 Å². The molecule has 2 aromatic rings. The lowest BCUT2D eigenvalue weighted by Gasteiger charge is -2.21. The summed E-state index contributed by atoms with van der Waals surface area (Å²) < 4.78 is 64.3. The number of nitrogens with two attached hydrogens (primary N) is 1. The highest BCUT2D eigenvalue weighted by Crippen LogP contribution is 2.44. The van der Waals surface area contributed by atoms with E-state index in [-0.39, 0.29) is 16.5 Å². The van der Waals surface area contributed by atoms with E-state index in [0.29, 0.717) is 6.07 Å². The summed E-state index contributed by atoms with van der Waals surface area (Å²) in [6, 6.07) is 4.24. The predicted octanol–water partition coefficient (Wildman–Crippen LogP) is 3.83. The zero-order valence-corrected chi connectivity index (χ0v) is 11.6. The van der Waals surface area contributed by atoms with E-state index in [1.165, 1.54) is 11.4 Å². The largest absolute Gasteiger partial charge is 0.458 e. The highest BCUT2D eigenvalue weighted by atomic mass is 32.1. The lowest BCUT2D eigenvalue weighted by atomic mass is 10.0. The number of nitrogen functional groups attached to an aromatic ring is 1. The van der Waals surface area contributed by atoms with Crippen LogP contribution in [0, 0.1) is 0 Å². The van der Waals surface area contributed by atoms with Crippen LogP contribution in [0.4, 0.5) is 32.9 Å². The number of nitrogens with zero attached hydrogens (tertiary/aromatic N) is 2. The summed E-state index contributed by atoms with van der Waals surface area (Å²) in [6.45, 7) is 0. The van der Waals surface area contributed by atoms with Crippen LogP contribution < -0.4 is 11.2 Å². The standard InChI is InChI=1S/C12H9F5N4S/c13-11(14,12(15,16)17)8-4-2-1-3-7(8)5-19-21-10-20-9(18)6-22-10/h1-6H,18H2,(H,20,21). The molecule has 1 aromatic heterocycles. The van der Waals surface area contributed by atoms with Gasteiger partial charge in [-0.3, -0.25) is 5.43 Å². The van der Waals surface area contributed by atoms with E-state index >= 15 is 0 Å². The molecule has 1 aromatic carbocycles. The molecule has 3 N–H and O–H groups in total. The molecule has 0 aliphatic rings. The lowest BCUT2D eigenvalue weighted by Crippen LogP contribution is -2.34. The molecule has 0 bridgehead atoms. The summed E-state index contributed by atoms with van der Waals surface area (Å²) in [7, 11) is 0.